The molecule has 2 atom stereocenters. The van der Waals surface area contributed by atoms with Crippen LogP contribution in [0.5, 0.6) is 0 Å². The van der Waals surface area contributed by atoms with Gasteiger partial charge in [-0.2, -0.15) is 0 Å². The van der Waals surface area contributed by atoms with Gasteiger partial charge in [-0.3, -0.25) is 4.79 Å². The molecule has 14 heavy (non-hydrogen) atoms. The van der Waals surface area contributed by atoms with Crippen LogP contribution in [0.15, 0.2) is 0 Å². The molecule has 0 radical (unpaired) electrons. The second-order valence-electron chi connectivity index (χ2n) is 5.96. The summed E-state index contributed by atoms with van der Waals surface area (Å²) in [7, 11) is 0. The zero-order valence-electron chi connectivity index (χ0n) is 10.7. The van der Waals surface area contributed by atoms with E-state index < -0.39 is 0 Å². The van der Waals surface area contributed by atoms with Gasteiger partial charge in [-0.05, 0) is 31.1 Å². The van der Waals surface area contributed by atoms with Crippen LogP contribution in [0.1, 0.15) is 60.8 Å². The van der Waals surface area contributed by atoms with Crippen molar-refractivity contribution in [2.75, 3.05) is 0 Å². The number of carbonyl (C=O) groups excluding carboxylic acids is 1. The Morgan fingerprint density at radius 2 is 1.64 bits per heavy atom. The van der Waals surface area contributed by atoms with Crippen molar-refractivity contribution in [1.29, 1.82) is 0 Å². The van der Waals surface area contributed by atoms with Gasteiger partial charge >= 0.3 is 0 Å². The highest BCUT2D eigenvalue weighted by Crippen LogP contribution is 2.27. The van der Waals surface area contributed by atoms with E-state index in [1.54, 1.807) is 6.92 Å². The summed E-state index contributed by atoms with van der Waals surface area (Å²) in [6, 6.07) is 0. The van der Waals surface area contributed by atoms with E-state index in [9.17, 15) is 4.79 Å². The Hall–Kier alpha value is -0.330. The summed E-state index contributed by atoms with van der Waals surface area (Å²) < 4.78 is 0. The lowest BCUT2D eigenvalue weighted by molar-refractivity contribution is -0.120. The van der Waals surface area contributed by atoms with Crippen LogP contribution >= 0.6 is 0 Å². The zero-order chi connectivity index (χ0) is 11.4. The first-order chi connectivity index (χ1) is 6.22. The Labute approximate surface area is 89.3 Å². The summed E-state index contributed by atoms with van der Waals surface area (Å²) >= 11 is 0. The van der Waals surface area contributed by atoms with E-state index in [0.717, 1.165) is 12.3 Å². The van der Waals surface area contributed by atoms with Crippen LogP contribution in [0.4, 0.5) is 0 Å². The van der Waals surface area contributed by atoms with Gasteiger partial charge in [0.1, 0.15) is 5.78 Å². The van der Waals surface area contributed by atoms with Crippen molar-refractivity contribution in [2.24, 2.45) is 17.3 Å². The maximum atomic E-state index is 11.0. The third-order valence-corrected chi connectivity index (χ3v) is 2.75. The zero-order valence-corrected chi connectivity index (χ0v) is 10.7. The van der Waals surface area contributed by atoms with E-state index in [-0.39, 0.29) is 5.92 Å². The Kier molecular flexibility index (Phi) is 5.40. The molecule has 0 rings (SSSR count). The molecule has 1 heteroatoms. The average molecular weight is 198 g/mol. The summed E-state index contributed by atoms with van der Waals surface area (Å²) in [6.07, 6.45) is 3.47. The van der Waals surface area contributed by atoms with E-state index in [1.807, 2.05) is 6.92 Å². The first-order valence-electron chi connectivity index (χ1n) is 5.73. The first-order valence-corrected chi connectivity index (χ1v) is 5.73. The predicted octanol–water partition coefficient (Wildman–Crippen LogP) is 4.06. The van der Waals surface area contributed by atoms with E-state index in [2.05, 4.69) is 27.7 Å². The molecule has 0 saturated heterocycles. The maximum absolute atomic E-state index is 11.0. The Morgan fingerprint density at radius 3 is 2.00 bits per heavy atom. The van der Waals surface area contributed by atoms with Crippen molar-refractivity contribution in [3.05, 3.63) is 0 Å². The minimum atomic E-state index is 0.248. The molecule has 1 nitrogen and oxygen atoms in total. The molecule has 0 aliphatic rings. The fourth-order valence-corrected chi connectivity index (χ4v) is 1.89. The normalized spacial score (nSPS) is 16.4. The summed E-state index contributed by atoms with van der Waals surface area (Å²) in [6.45, 7) is 12.8. The molecule has 0 aliphatic heterocycles. The van der Waals surface area contributed by atoms with Crippen molar-refractivity contribution >= 4 is 5.78 Å². The van der Waals surface area contributed by atoms with Crippen LogP contribution < -0.4 is 0 Å². The van der Waals surface area contributed by atoms with Gasteiger partial charge in [-0.25, -0.2) is 0 Å². The number of Topliss-reactive ketones (excluding diaryl/α,β-unsaturated/α-hetero) is 1. The summed E-state index contributed by atoms with van der Waals surface area (Å²) in [5.41, 5.74) is 0.416. The van der Waals surface area contributed by atoms with E-state index >= 15 is 0 Å². The van der Waals surface area contributed by atoms with Gasteiger partial charge in [0.05, 0.1) is 0 Å². The molecular weight excluding hydrogens is 172 g/mol. The van der Waals surface area contributed by atoms with Crippen molar-refractivity contribution < 1.29 is 4.79 Å². The summed E-state index contributed by atoms with van der Waals surface area (Å²) in [5.74, 6) is 1.31. The van der Waals surface area contributed by atoms with E-state index in [4.69, 9.17) is 0 Å². The molecule has 0 aromatic carbocycles. The minimum absolute atomic E-state index is 0.248. The maximum Gasteiger partial charge on any atom is 0.132 e. The van der Waals surface area contributed by atoms with Gasteiger partial charge in [-0.15, -0.1) is 0 Å². The van der Waals surface area contributed by atoms with Gasteiger partial charge in [0, 0.05) is 5.92 Å². The summed E-state index contributed by atoms with van der Waals surface area (Å²) in [4.78, 5) is 11.0. The minimum Gasteiger partial charge on any atom is -0.300 e. The number of hydrogen-bond donors (Lipinski definition) is 0. The van der Waals surface area contributed by atoms with Crippen molar-refractivity contribution in [1.82, 2.24) is 0 Å². The molecule has 84 valence electrons. The predicted molar refractivity (Wildman–Crippen MR) is 62.3 cm³/mol. The Balaban J connectivity index is 3.74. The van der Waals surface area contributed by atoms with Crippen LogP contribution in [0, 0.1) is 17.3 Å². The quantitative estimate of drug-likeness (QED) is 0.651. The van der Waals surface area contributed by atoms with E-state index in [0.29, 0.717) is 11.2 Å². The SMILES string of the molecule is CC(=O)C(C)CCC(C)CC(C)(C)C. The fourth-order valence-electron chi connectivity index (χ4n) is 1.89. The largest absolute Gasteiger partial charge is 0.300 e. The second-order valence-corrected chi connectivity index (χ2v) is 5.96. The Morgan fingerprint density at radius 1 is 1.14 bits per heavy atom. The Bertz CT molecular complexity index is 176. The molecule has 0 saturated carbocycles. The van der Waals surface area contributed by atoms with Crippen LogP contribution in [0.25, 0.3) is 0 Å². The lowest BCUT2D eigenvalue weighted by Gasteiger charge is -2.23. The average Bonchev–Trinajstić information content (AvgIpc) is 1.96. The van der Waals surface area contributed by atoms with Crippen LogP contribution in [-0.2, 0) is 4.79 Å². The molecule has 0 heterocycles. The number of carbonyl (C=O) groups is 1. The molecule has 0 aliphatic carbocycles. The van der Waals surface area contributed by atoms with E-state index in [1.165, 1.54) is 12.8 Å². The molecule has 2 unspecified atom stereocenters. The molecule has 0 fully saturated rings. The molecular formula is C13H26O. The van der Waals surface area contributed by atoms with Crippen molar-refractivity contribution in [3.8, 4) is 0 Å². The van der Waals surface area contributed by atoms with Gasteiger partial charge in [0.25, 0.3) is 0 Å². The smallest absolute Gasteiger partial charge is 0.132 e. The highest BCUT2D eigenvalue weighted by molar-refractivity contribution is 5.77. The monoisotopic (exact) mass is 198 g/mol. The van der Waals surface area contributed by atoms with Gasteiger partial charge in [0.2, 0.25) is 0 Å². The standard InChI is InChI=1S/C13H26O/c1-10(9-13(4,5)6)7-8-11(2)12(3)14/h10-11H,7-9H2,1-6H3. The molecule has 0 amide bonds. The van der Waals surface area contributed by atoms with Crippen LogP contribution in [0.3, 0.4) is 0 Å². The molecule has 0 N–H and O–H groups in total. The lowest BCUT2D eigenvalue weighted by atomic mass is 9.82. The van der Waals surface area contributed by atoms with Gasteiger partial charge in [0.15, 0.2) is 0 Å². The summed E-state index contributed by atoms with van der Waals surface area (Å²) in [5, 5.41) is 0. The second kappa shape index (κ2) is 5.53. The highest BCUT2D eigenvalue weighted by Gasteiger charge is 2.16. The molecule has 0 aromatic heterocycles. The number of rotatable bonds is 5. The van der Waals surface area contributed by atoms with Gasteiger partial charge < -0.3 is 0 Å². The van der Waals surface area contributed by atoms with Crippen molar-refractivity contribution in [3.63, 3.8) is 0 Å². The van der Waals surface area contributed by atoms with Crippen molar-refractivity contribution in [2.45, 2.75) is 60.8 Å². The number of hydrogen-bond acceptors (Lipinski definition) is 1. The third kappa shape index (κ3) is 7.11. The van der Waals surface area contributed by atoms with Gasteiger partial charge in [-0.1, -0.05) is 41.0 Å². The molecule has 0 spiro atoms. The van der Waals surface area contributed by atoms with Crippen LogP contribution in [0.2, 0.25) is 0 Å². The molecule has 0 aromatic rings. The highest BCUT2D eigenvalue weighted by atomic mass is 16.1. The first kappa shape index (κ1) is 13.7. The fraction of sp³-hybridized carbons (Fsp3) is 0.923. The molecule has 0 bridgehead atoms. The number of ketones is 1. The lowest BCUT2D eigenvalue weighted by Crippen LogP contribution is -2.13. The third-order valence-electron chi connectivity index (χ3n) is 2.75. The topological polar surface area (TPSA) is 17.1 Å². The van der Waals surface area contributed by atoms with Crippen LogP contribution in [-0.4, -0.2) is 5.78 Å².